The average molecular weight is 238 g/mol. The molecule has 2 amide bonds. The molecule has 0 aliphatic carbocycles. The van der Waals surface area contributed by atoms with Crippen LogP contribution in [0.2, 0.25) is 0 Å². The van der Waals surface area contributed by atoms with Crippen molar-refractivity contribution in [1.82, 2.24) is 15.1 Å². The summed E-state index contributed by atoms with van der Waals surface area (Å²) in [6.07, 6.45) is 3.76. The second kappa shape index (κ2) is 4.54. The van der Waals surface area contributed by atoms with Gasteiger partial charge >= 0.3 is 6.03 Å². The van der Waals surface area contributed by atoms with Crippen LogP contribution in [0.15, 0.2) is 18.5 Å². The van der Waals surface area contributed by atoms with Crippen LogP contribution < -0.4 is 11.1 Å². The summed E-state index contributed by atoms with van der Waals surface area (Å²) in [7, 11) is 0. The molecule has 0 spiro atoms. The van der Waals surface area contributed by atoms with Crippen LogP contribution in [0.3, 0.4) is 0 Å². The van der Waals surface area contributed by atoms with Gasteiger partial charge in [0.2, 0.25) is 5.91 Å². The number of primary amides is 1. The van der Waals surface area contributed by atoms with E-state index in [-0.39, 0.29) is 0 Å². The number of hydrogen-bond donors (Lipinski definition) is 2. The van der Waals surface area contributed by atoms with Gasteiger partial charge in [0.05, 0.1) is 0 Å². The lowest BCUT2D eigenvalue weighted by atomic mass is 9.89. The fraction of sp³-hybridized carbons (Fsp3) is 0.500. The highest BCUT2D eigenvalue weighted by molar-refractivity contribution is 5.90. The minimum absolute atomic E-state index is 0.384. The molecule has 0 bridgehead atoms. The van der Waals surface area contributed by atoms with Gasteiger partial charge in [-0.05, 0) is 6.07 Å². The van der Waals surface area contributed by atoms with Crippen LogP contribution in [-0.2, 0) is 9.53 Å². The molecule has 92 valence electrons. The third-order valence-corrected chi connectivity index (χ3v) is 2.88. The van der Waals surface area contributed by atoms with E-state index in [9.17, 15) is 9.59 Å². The summed E-state index contributed by atoms with van der Waals surface area (Å²) in [5.74, 6) is -0.540. The normalized spacial score (nSPS) is 18.6. The SMILES string of the molecule is NC(=O)C1(NC(=O)n2cccn2)CCOCC1. The number of amides is 2. The average Bonchev–Trinajstić information content (AvgIpc) is 2.83. The molecule has 0 radical (unpaired) electrons. The van der Waals surface area contributed by atoms with Gasteiger partial charge in [-0.25, -0.2) is 4.79 Å². The molecule has 1 saturated heterocycles. The lowest BCUT2D eigenvalue weighted by Gasteiger charge is -2.34. The number of nitrogens with one attached hydrogen (secondary N) is 1. The lowest BCUT2D eigenvalue weighted by molar-refractivity contribution is -0.127. The highest BCUT2D eigenvalue weighted by atomic mass is 16.5. The lowest BCUT2D eigenvalue weighted by Crippen LogP contribution is -2.60. The smallest absolute Gasteiger partial charge is 0.342 e. The molecule has 1 aliphatic rings. The van der Waals surface area contributed by atoms with E-state index >= 15 is 0 Å². The molecule has 3 N–H and O–H groups in total. The van der Waals surface area contributed by atoms with Gasteiger partial charge in [-0.1, -0.05) is 0 Å². The van der Waals surface area contributed by atoms with E-state index in [0.717, 1.165) is 4.68 Å². The quantitative estimate of drug-likeness (QED) is 0.723. The first-order chi connectivity index (χ1) is 8.14. The molecular formula is C10H14N4O3. The van der Waals surface area contributed by atoms with Crippen molar-refractivity contribution in [3.63, 3.8) is 0 Å². The van der Waals surface area contributed by atoms with E-state index in [1.807, 2.05) is 0 Å². The molecule has 17 heavy (non-hydrogen) atoms. The van der Waals surface area contributed by atoms with Gasteiger partial charge < -0.3 is 15.8 Å². The van der Waals surface area contributed by atoms with Gasteiger partial charge in [0.15, 0.2) is 0 Å². The van der Waals surface area contributed by atoms with Crippen molar-refractivity contribution in [2.24, 2.45) is 5.73 Å². The van der Waals surface area contributed by atoms with Crippen LogP contribution in [0, 0.1) is 0 Å². The summed E-state index contributed by atoms with van der Waals surface area (Å²) in [5, 5.41) is 6.43. The number of carbonyl (C=O) groups excluding carboxylic acids is 2. The number of carbonyl (C=O) groups is 2. The molecule has 0 atom stereocenters. The minimum Gasteiger partial charge on any atom is -0.381 e. The predicted octanol–water partition coefficient (Wildman–Crippen LogP) is -0.525. The molecule has 1 aromatic heterocycles. The maximum absolute atomic E-state index is 11.8. The summed E-state index contributed by atoms with van der Waals surface area (Å²) >= 11 is 0. The van der Waals surface area contributed by atoms with Gasteiger partial charge in [0, 0.05) is 38.4 Å². The fourth-order valence-corrected chi connectivity index (χ4v) is 1.80. The Morgan fingerprint density at radius 3 is 2.65 bits per heavy atom. The number of nitrogens with two attached hydrogens (primary N) is 1. The molecular weight excluding hydrogens is 224 g/mol. The highest BCUT2D eigenvalue weighted by Crippen LogP contribution is 2.20. The van der Waals surface area contributed by atoms with Gasteiger partial charge in [0.25, 0.3) is 0 Å². The van der Waals surface area contributed by atoms with E-state index in [0.29, 0.717) is 26.1 Å². The van der Waals surface area contributed by atoms with E-state index in [1.54, 1.807) is 6.07 Å². The molecule has 7 nitrogen and oxygen atoms in total. The Labute approximate surface area is 97.9 Å². The van der Waals surface area contributed by atoms with E-state index in [4.69, 9.17) is 10.5 Å². The third kappa shape index (κ3) is 2.28. The largest absolute Gasteiger partial charge is 0.381 e. The number of ether oxygens (including phenoxy) is 1. The highest BCUT2D eigenvalue weighted by Gasteiger charge is 2.40. The zero-order valence-electron chi connectivity index (χ0n) is 9.26. The van der Waals surface area contributed by atoms with Crippen LogP contribution in [-0.4, -0.2) is 40.5 Å². The maximum atomic E-state index is 11.8. The number of hydrogen-bond acceptors (Lipinski definition) is 4. The molecule has 0 aromatic carbocycles. The van der Waals surface area contributed by atoms with Gasteiger partial charge in [-0.2, -0.15) is 9.78 Å². The molecule has 0 unspecified atom stereocenters. The van der Waals surface area contributed by atoms with Crippen molar-refractivity contribution in [2.45, 2.75) is 18.4 Å². The Bertz CT molecular complexity index is 409. The summed E-state index contributed by atoms with van der Waals surface area (Å²) in [6, 6.07) is 1.16. The summed E-state index contributed by atoms with van der Waals surface area (Å²) in [6.45, 7) is 0.810. The molecule has 1 aromatic rings. The third-order valence-electron chi connectivity index (χ3n) is 2.88. The number of rotatable bonds is 2. The van der Waals surface area contributed by atoms with E-state index in [1.165, 1.54) is 12.4 Å². The molecule has 2 rings (SSSR count). The van der Waals surface area contributed by atoms with Gasteiger partial charge in [0.1, 0.15) is 5.54 Å². The van der Waals surface area contributed by atoms with Crippen LogP contribution in [0.25, 0.3) is 0 Å². The van der Waals surface area contributed by atoms with Gasteiger partial charge in [-0.15, -0.1) is 0 Å². The fourth-order valence-electron chi connectivity index (χ4n) is 1.80. The van der Waals surface area contributed by atoms with Crippen molar-refractivity contribution in [3.05, 3.63) is 18.5 Å². The molecule has 2 heterocycles. The number of nitrogens with zero attached hydrogens (tertiary/aromatic N) is 2. The van der Waals surface area contributed by atoms with Crippen molar-refractivity contribution < 1.29 is 14.3 Å². The molecule has 0 saturated carbocycles. The van der Waals surface area contributed by atoms with Crippen molar-refractivity contribution in [3.8, 4) is 0 Å². The summed E-state index contributed by atoms with van der Waals surface area (Å²) in [5.41, 5.74) is 4.34. The Morgan fingerprint density at radius 1 is 1.41 bits per heavy atom. The van der Waals surface area contributed by atoms with Crippen LogP contribution in [0.4, 0.5) is 4.79 Å². The predicted molar refractivity (Wildman–Crippen MR) is 58.1 cm³/mol. The first-order valence-corrected chi connectivity index (χ1v) is 5.34. The van der Waals surface area contributed by atoms with E-state index in [2.05, 4.69) is 10.4 Å². The molecule has 7 heteroatoms. The van der Waals surface area contributed by atoms with E-state index < -0.39 is 17.5 Å². The van der Waals surface area contributed by atoms with Crippen LogP contribution in [0.1, 0.15) is 12.8 Å². The van der Waals surface area contributed by atoms with Crippen molar-refractivity contribution >= 4 is 11.9 Å². The Hall–Kier alpha value is -1.89. The second-order valence-corrected chi connectivity index (χ2v) is 3.94. The first kappa shape index (κ1) is 11.6. The van der Waals surface area contributed by atoms with Crippen LogP contribution in [0.5, 0.6) is 0 Å². The Balaban J connectivity index is 2.13. The standard InChI is InChI=1S/C10H14N4O3/c11-8(15)10(2-6-17-7-3-10)13-9(16)14-5-1-4-12-14/h1,4-5H,2-3,6-7H2,(H2,11,15)(H,13,16). The Kier molecular flexibility index (Phi) is 3.10. The first-order valence-electron chi connectivity index (χ1n) is 5.34. The molecule has 1 aliphatic heterocycles. The van der Waals surface area contributed by atoms with Crippen molar-refractivity contribution in [2.75, 3.05) is 13.2 Å². The second-order valence-electron chi connectivity index (χ2n) is 3.94. The van der Waals surface area contributed by atoms with Gasteiger partial charge in [-0.3, -0.25) is 4.79 Å². The topological polar surface area (TPSA) is 99.2 Å². The van der Waals surface area contributed by atoms with Crippen molar-refractivity contribution in [1.29, 1.82) is 0 Å². The summed E-state index contributed by atoms with van der Waals surface area (Å²) < 4.78 is 6.29. The zero-order valence-corrected chi connectivity index (χ0v) is 9.26. The maximum Gasteiger partial charge on any atom is 0.342 e. The number of aromatic nitrogens is 2. The summed E-state index contributed by atoms with van der Waals surface area (Å²) in [4.78, 5) is 23.3. The molecule has 1 fully saturated rings. The zero-order chi connectivity index (χ0) is 12.3. The Morgan fingerprint density at radius 2 is 2.12 bits per heavy atom. The van der Waals surface area contributed by atoms with Crippen LogP contribution >= 0.6 is 0 Å². The monoisotopic (exact) mass is 238 g/mol. The minimum atomic E-state index is -1.03.